The monoisotopic (exact) mass is 509 g/mol. The summed E-state index contributed by atoms with van der Waals surface area (Å²) < 4.78 is 1.55. The number of aromatic nitrogens is 3. The first kappa shape index (κ1) is 25.2. The molecule has 3 heterocycles. The van der Waals surface area contributed by atoms with Gasteiger partial charge in [-0.1, -0.05) is 30.7 Å². The van der Waals surface area contributed by atoms with E-state index in [1.54, 1.807) is 67.6 Å². The molecule has 3 atom stereocenters. The molecule has 0 saturated carbocycles. The number of rotatable bonds is 7. The molecule has 0 spiro atoms. The maximum atomic E-state index is 13.6. The van der Waals surface area contributed by atoms with Gasteiger partial charge >= 0.3 is 6.03 Å². The minimum atomic E-state index is -0.997. The van der Waals surface area contributed by atoms with Crippen LogP contribution in [-0.4, -0.2) is 50.6 Å². The number of likely N-dealkylation sites (N-methyl/N-ethyl adjacent to an activating group) is 1. The molecule has 4 amide bonds. The van der Waals surface area contributed by atoms with E-state index in [4.69, 9.17) is 17.3 Å². The second-order valence-corrected chi connectivity index (χ2v) is 9.16. The van der Waals surface area contributed by atoms with Gasteiger partial charge < -0.3 is 11.1 Å². The van der Waals surface area contributed by atoms with E-state index < -0.39 is 29.8 Å². The molecule has 0 unspecified atom stereocenters. The van der Waals surface area contributed by atoms with Gasteiger partial charge in [0.15, 0.2) is 0 Å². The highest BCUT2D eigenvalue weighted by Crippen LogP contribution is 2.33. The number of hydrogen-bond acceptors (Lipinski definition) is 6. The van der Waals surface area contributed by atoms with Crippen LogP contribution in [-0.2, 0) is 23.1 Å². The van der Waals surface area contributed by atoms with Crippen LogP contribution in [0.4, 0.5) is 16.4 Å². The second kappa shape index (κ2) is 10.4. The van der Waals surface area contributed by atoms with Gasteiger partial charge in [-0.15, -0.1) is 0 Å². The number of nitrogens with one attached hydrogen (secondary N) is 1. The van der Waals surface area contributed by atoms with Crippen LogP contribution >= 0.6 is 11.6 Å². The number of nitrogens with zero attached hydrogens (tertiary/aromatic N) is 5. The molecule has 188 valence electrons. The van der Waals surface area contributed by atoms with E-state index in [0.29, 0.717) is 23.1 Å². The number of carbonyl (C=O) groups excluding carboxylic acids is 3. The molecule has 0 radical (unpaired) electrons. The van der Waals surface area contributed by atoms with Crippen molar-refractivity contribution in [3.05, 3.63) is 71.0 Å². The van der Waals surface area contributed by atoms with Crippen LogP contribution in [0.15, 0.2) is 54.9 Å². The zero-order valence-corrected chi connectivity index (χ0v) is 21.0. The summed E-state index contributed by atoms with van der Waals surface area (Å²) in [6.45, 7) is 1.92. The van der Waals surface area contributed by atoms with Crippen LogP contribution < -0.4 is 16.0 Å². The van der Waals surface area contributed by atoms with Crippen molar-refractivity contribution in [1.29, 1.82) is 0 Å². The quantitative estimate of drug-likeness (QED) is 0.471. The Balaban J connectivity index is 1.61. The normalized spacial score (nSPS) is 17.9. The molecule has 1 aliphatic heterocycles. The van der Waals surface area contributed by atoms with Crippen molar-refractivity contribution >= 4 is 41.1 Å². The highest BCUT2D eigenvalue weighted by Gasteiger charge is 2.55. The molecule has 10 nitrogen and oxygen atoms in total. The number of carbonyl (C=O) groups is 3. The van der Waals surface area contributed by atoms with E-state index in [9.17, 15) is 14.4 Å². The van der Waals surface area contributed by atoms with Crippen molar-refractivity contribution in [2.75, 3.05) is 17.7 Å². The number of nitrogens with two attached hydrogens (primary N) is 1. The number of likely N-dealkylation sites (tertiary alicyclic amines) is 1. The van der Waals surface area contributed by atoms with Gasteiger partial charge in [0, 0.05) is 31.4 Å². The second-order valence-electron chi connectivity index (χ2n) is 8.73. The molecular weight excluding hydrogens is 482 g/mol. The number of amides is 4. The number of aryl methyl sites for hydroxylation is 1. The summed E-state index contributed by atoms with van der Waals surface area (Å²) in [5.74, 6) is -0.697. The van der Waals surface area contributed by atoms with Crippen molar-refractivity contribution in [2.24, 2.45) is 13.0 Å². The Hall–Kier alpha value is -3.92. The van der Waals surface area contributed by atoms with Gasteiger partial charge in [-0.05, 0) is 48.2 Å². The first-order valence-corrected chi connectivity index (χ1v) is 11.9. The molecule has 1 aromatic carbocycles. The molecular formula is C25H28ClN7O3. The number of nitrogen functional groups attached to an aromatic ring is 1. The summed E-state index contributed by atoms with van der Waals surface area (Å²) in [5, 5.41) is 7.55. The van der Waals surface area contributed by atoms with E-state index in [1.807, 2.05) is 13.0 Å². The zero-order valence-electron chi connectivity index (χ0n) is 20.3. The Morgan fingerprint density at radius 3 is 2.64 bits per heavy atom. The number of imide groups is 1. The largest absolute Gasteiger partial charge is 0.384 e. The SMILES string of the molecule is CC[C@@H](NC(=O)N1C(=O)[C@H](Cc2ccnc(N)c2)[C@H]1C(=O)N(C)c1ccnn1C)c1cccc(Cl)c1. The van der Waals surface area contributed by atoms with Crippen LogP contribution in [0.2, 0.25) is 5.02 Å². The summed E-state index contributed by atoms with van der Waals surface area (Å²) in [5.41, 5.74) is 7.37. The molecule has 1 saturated heterocycles. The Kier molecular flexibility index (Phi) is 7.25. The van der Waals surface area contributed by atoms with E-state index in [1.165, 1.54) is 4.90 Å². The maximum Gasteiger partial charge on any atom is 0.325 e. The third kappa shape index (κ3) is 4.90. The summed E-state index contributed by atoms with van der Waals surface area (Å²) in [6, 6.07) is 10.3. The van der Waals surface area contributed by atoms with Crippen molar-refractivity contribution in [3.63, 3.8) is 0 Å². The fourth-order valence-corrected chi connectivity index (χ4v) is 4.70. The number of urea groups is 1. The lowest BCUT2D eigenvalue weighted by Crippen LogP contribution is -2.70. The standard InChI is InChI=1S/C25H28ClN7O3/c1-4-19(16-6-5-7-17(26)14-16)30-25(36)33-22(24(35)31(2)21-9-11-29-32(21)3)18(23(33)34)12-15-8-10-28-20(27)13-15/h5-11,13-14,18-19,22H,4,12H2,1-3H3,(H2,27,28)(H,30,36)/t18-,19-,22+/m1/s1. The van der Waals surface area contributed by atoms with Crippen LogP contribution in [0.5, 0.6) is 0 Å². The van der Waals surface area contributed by atoms with Gasteiger partial charge in [0.2, 0.25) is 5.91 Å². The number of benzene rings is 1. The van der Waals surface area contributed by atoms with Crippen molar-refractivity contribution < 1.29 is 14.4 Å². The summed E-state index contributed by atoms with van der Waals surface area (Å²) >= 11 is 6.13. The molecule has 0 aliphatic carbocycles. The Morgan fingerprint density at radius 2 is 2.00 bits per heavy atom. The van der Waals surface area contributed by atoms with Crippen LogP contribution in [0, 0.1) is 5.92 Å². The van der Waals surface area contributed by atoms with Crippen molar-refractivity contribution in [1.82, 2.24) is 25.0 Å². The predicted octanol–water partition coefficient (Wildman–Crippen LogP) is 2.94. The van der Waals surface area contributed by atoms with Crippen LogP contribution in [0.25, 0.3) is 0 Å². The lowest BCUT2D eigenvalue weighted by Gasteiger charge is -2.46. The Bertz CT molecular complexity index is 1290. The highest BCUT2D eigenvalue weighted by molar-refractivity contribution is 6.30. The Labute approximate surface area is 214 Å². The third-order valence-electron chi connectivity index (χ3n) is 6.41. The van der Waals surface area contributed by atoms with E-state index in [0.717, 1.165) is 16.0 Å². The molecule has 36 heavy (non-hydrogen) atoms. The molecule has 3 N–H and O–H groups in total. The fourth-order valence-electron chi connectivity index (χ4n) is 4.50. The van der Waals surface area contributed by atoms with Crippen molar-refractivity contribution in [2.45, 2.75) is 31.8 Å². The lowest BCUT2D eigenvalue weighted by molar-refractivity contribution is -0.156. The number of β-lactam (4-membered cyclic amide) rings is 1. The number of anilines is 2. The van der Waals surface area contributed by atoms with Crippen LogP contribution in [0.1, 0.15) is 30.5 Å². The summed E-state index contributed by atoms with van der Waals surface area (Å²) in [4.78, 5) is 46.6. The van der Waals surface area contributed by atoms with E-state index in [-0.39, 0.29) is 12.5 Å². The van der Waals surface area contributed by atoms with Gasteiger partial charge in [0.25, 0.3) is 5.91 Å². The van der Waals surface area contributed by atoms with E-state index >= 15 is 0 Å². The summed E-state index contributed by atoms with van der Waals surface area (Å²) in [6.07, 6.45) is 3.94. The van der Waals surface area contributed by atoms with E-state index in [2.05, 4.69) is 15.4 Å². The molecule has 4 rings (SSSR count). The first-order chi connectivity index (χ1) is 17.2. The minimum Gasteiger partial charge on any atom is -0.384 e. The van der Waals surface area contributed by atoms with Gasteiger partial charge in [-0.3, -0.25) is 24.1 Å². The highest BCUT2D eigenvalue weighted by atomic mass is 35.5. The molecule has 1 aliphatic rings. The molecule has 11 heteroatoms. The minimum absolute atomic E-state index is 0.246. The number of pyridine rings is 1. The fraction of sp³-hybridized carbons (Fsp3) is 0.320. The van der Waals surface area contributed by atoms with Gasteiger partial charge in [0.1, 0.15) is 17.7 Å². The van der Waals surface area contributed by atoms with Gasteiger partial charge in [0.05, 0.1) is 18.2 Å². The van der Waals surface area contributed by atoms with Gasteiger partial charge in [-0.2, -0.15) is 5.10 Å². The van der Waals surface area contributed by atoms with Crippen LogP contribution in [0.3, 0.4) is 0 Å². The lowest BCUT2D eigenvalue weighted by atomic mass is 9.81. The topological polar surface area (TPSA) is 126 Å². The summed E-state index contributed by atoms with van der Waals surface area (Å²) in [7, 11) is 3.31. The van der Waals surface area contributed by atoms with Gasteiger partial charge in [-0.25, -0.2) is 9.78 Å². The maximum absolute atomic E-state index is 13.6. The predicted molar refractivity (Wildman–Crippen MR) is 136 cm³/mol. The van der Waals surface area contributed by atoms with Crippen molar-refractivity contribution in [3.8, 4) is 0 Å². The molecule has 2 aromatic heterocycles. The smallest absolute Gasteiger partial charge is 0.325 e. The third-order valence-corrected chi connectivity index (χ3v) is 6.65. The average Bonchev–Trinajstić information content (AvgIpc) is 3.28. The Morgan fingerprint density at radius 1 is 1.22 bits per heavy atom. The number of halogens is 1. The first-order valence-electron chi connectivity index (χ1n) is 11.6. The molecule has 1 fully saturated rings. The molecule has 3 aromatic rings. The average molecular weight is 510 g/mol. The number of hydrogen-bond donors (Lipinski definition) is 2. The molecule has 0 bridgehead atoms. The zero-order chi connectivity index (χ0) is 26.0.